The molecule has 0 amide bonds. The molecule has 12 aromatic carbocycles. The van der Waals surface area contributed by atoms with Gasteiger partial charge in [0, 0.05) is 49.6 Å². The van der Waals surface area contributed by atoms with Crippen LogP contribution in [0.5, 0.6) is 0 Å². The van der Waals surface area contributed by atoms with Crippen molar-refractivity contribution in [3.63, 3.8) is 0 Å². The third-order valence-corrected chi connectivity index (χ3v) is 14.4. The number of nitrogens with zero attached hydrogens (tertiary/aromatic N) is 2. The first-order chi connectivity index (χ1) is 35.2. The first-order valence-corrected chi connectivity index (χ1v) is 24.3. The largest absolute Gasteiger partial charge is 0.455 e. The summed E-state index contributed by atoms with van der Waals surface area (Å²) in [5.74, 6) is 0. The van der Waals surface area contributed by atoms with Crippen molar-refractivity contribution in [3.05, 3.63) is 267 Å². The van der Waals surface area contributed by atoms with E-state index in [2.05, 4.69) is 276 Å². The highest BCUT2D eigenvalue weighted by atomic mass is 16.3. The maximum atomic E-state index is 6.55. The van der Waals surface area contributed by atoms with E-state index >= 15 is 0 Å². The van der Waals surface area contributed by atoms with Crippen LogP contribution in [-0.4, -0.2) is 4.57 Å². The van der Waals surface area contributed by atoms with Gasteiger partial charge in [0.15, 0.2) is 0 Å². The molecule has 0 aliphatic rings. The predicted octanol–water partition coefficient (Wildman–Crippen LogP) is 19.1. The van der Waals surface area contributed by atoms with Crippen LogP contribution in [0, 0.1) is 0 Å². The highest BCUT2D eigenvalue weighted by Gasteiger charge is 2.21. The molecule has 0 radical (unpaired) electrons. The molecule has 0 spiro atoms. The Kier molecular flexibility index (Phi) is 9.53. The van der Waals surface area contributed by atoms with Crippen LogP contribution in [0.2, 0.25) is 0 Å². The van der Waals surface area contributed by atoms with Crippen LogP contribution in [0.4, 0.5) is 17.1 Å². The molecule has 0 bridgehead atoms. The molecule has 2 aromatic heterocycles. The van der Waals surface area contributed by atoms with Crippen molar-refractivity contribution in [2.75, 3.05) is 4.90 Å². The number of para-hydroxylation sites is 2. The van der Waals surface area contributed by atoms with E-state index in [4.69, 9.17) is 4.42 Å². The first-order valence-electron chi connectivity index (χ1n) is 24.3. The molecule has 332 valence electrons. The zero-order chi connectivity index (χ0) is 46.8. The average molecular weight is 905 g/mol. The van der Waals surface area contributed by atoms with E-state index in [1.165, 1.54) is 49.1 Å². The second-order valence-corrected chi connectivity index (χ2v) is 18.5. The molecule has 2 heterocycles. The molecule has 0 aliphatic heterocycles. The standard InChI is InChI=1S/C68H44N2O/c1-2-15-47(16-3-1)62-44-52(57-28-14-19-46-17-4-6-24-56(46)57)34-39-66(62)69(54-22-13-21-50(42-54)51-35-40-67-63(43-51)61-38-33-48-18-5-7-25-58(48)68(61)71-67)53-36-31-45(32-37-53)49-20-12-23-55(41-49)70-64-29-10-8-26-59(64)60-27-9-11-30-65(60)70/h1-44H. The molecule has 3 heteroatoms. The molecule has 14 rings (SSSR count). The van der Waals surface area contributed by atoms with Crippen LogP contribution in [0.3, 0.4) is 0 Å². The highest BCUT2D eigenvalue weighted by Crippen LogP contribution is 2.45. The highest BCUT2D eigenvalue weighted by molar-refractivity contribution is 6.16. The van der Waals surface area contributed by atoms with Gasteiger partial charge < -0.3 is 13.9 Å². The lowest BCUT2D eigenvalue weighted by Crippen LogP contribution is -2.11. The molecule has 0 saturated carbocycles. The lowest BCUT2D eigenvalue weighted by atomic mass is 9.93. The smallest absolute Gasteiger partial charge is 0.143 e. The van der Waals surface area contributed by atoms with E-state index < -0.39 is 0 Å². The van der Waals surface area contributed by atoms with Crippen molar-refractivity contribution in [2.24, 2.45) is 0 Å². The van der Waals surface area contributed by atoms with Crippen molar-refractivity contribution >= 4 is 82.4 Å². The molecule has 71 heavy (non-hydrogen) atoms. The van der Waals surface area contributed by atoms with E-state index in [0.29, 0.717) is 0 Å². The molecule has 0 atom stereocenters. The van der Waals surface area contributed by atoms with Gasteiger partial charge in [-0.3, -0.25) is 0 Å². The summed E-state index contributed by atoms with van der Waals surface area (Å²) in [5, 5.41) is 9.51. The van der Waals surface area contributed by atoms with Crippen LogP contribution < -0.4 is 4.90 Å². The summed E-state index contributed by atoms with van der Waals surface area (Å²) in [4.78, 5) is 2.43. The van der Waals surface area contributed by atoms with Crippen LogP contribution in [0.1, 0.15) is 0 Å². The number of fused-ring (bicyclic) bond motifs is 9. The van der Waals surface area contributed by atoms with E-state index in [0.717, 1.165) is 83.5 Å². The fraction of sp³-hybridized carbons (Fsp3) is 0. The van der Waals surface area contributed by atoms with Crippen molar-refractivity contribution < 1.29 is 4.42 Å². The van der Waals surface area contributed by atoms with Gasteiger partial charge >= 0.3 is 0 Å². The molecule has 14 aromatic rings. The molecule has 3 nitrogen and oxygen atoms in total. The molecule has 0 aliphatic carbocycles. The molecule has 0 N–H and O–H groups in total. The fourth-order valence-electron chi connectivity index (χ4n) is 11.0. The Morgan fingerprint density at radius 2 is 0.887 bits per heavy atom. The summed E-state index contributed by atoms with van der Waals surface area (Å²) >= 11 is 0. The zero-order valence-electron chi connectivity index (χ0n) is 38.7. The van der Waals surface area contributed by atoms with E-state index in [-0.39, 0.29) is 0 Å². The predicted molar refractivity (Wildman–Crippen MR) is 299 cm³/mol. The van der Waals surface area contributed by atoms with Crippen LogP contribution in [0.15, 0.2) is 271 Å². The topological polar surface area (TPSA) is 21.3 Å². The maximum absolute atomic E-state index is 6.55. The number of anilines is 3. The van der Waals surface area contributed by atoms with Gasteiger partial charge in [-0.05, 0) is 134 Å². The number of aromatic nitrogens is 1. The molecular formula is C68H44N2O. The molecule has 0 fully saturated rings. The number of benzene rings is 12. The lowest BCUT2D eigenvalue weighted by Gasteiger charge is -2.29. The summed E-state index contributed by atoms with van der Waals surface area (Å²) in [7, 11) is 0. The van der Waals surface area contributed by atoms with E-state index in [1.807, 2.05) is 0 Å². The van der Waals surface area contributed by atoms with Crippen molar-refractivity contribution in [3.8, 4) is 50.2 Å². The minimum absolute atomic E-state index is 0.886. The minimum atomic E-state index is 0.886. The maximum Gasteiger partial charge on any atom is 0.143 e. The summed E-state index contributed by atoms with van der Waals surface area (Å²) in [6.07, 6.45) is 0. The monoisotopic (exact) mass is 904 g/mol. The molecular weight excluding hydrogens is 861 g/mol. The lowest BCUT2D eigenvalue weighted by molar-refractivity contribution is 0.672. The van der Waals surface area contributed by atoms with Gasteiger partial charge in [-0.2, -0.15) is 0 Å². The average Bonchev–Trinajstić information content (AvgIpc) is 4.00. The van der Waals surface area contributed by atoms with Gasteiger partial charge in [-0.25, -0.2) is 0 Å². The van der Waals surface area contributed by atoms with Gasteiger partial charge in [0.1, 0.15) is 11.2 Å². The van der Waals surface area contributed by atoms with Gasteiger partial charge in [-0.15, -0.1) is 0 Å². The molecule has 0 unspecified atom stereocenters. The van der Waals surface area contributed by atoms with Crippen LogP contribution >= 0.6 is 0 Å². The summed E-state index contributed by atoms with van der Waals surface area (Å²) in [6, 6.07) is 96.9. The van der Waals surface area contributed by atoms with Gasteiger partial charge in [0.2, 0.25) is 0 Å². The number of furan rings is 1. The van der Waals surface area contributed by atoms with Crippen LogP contribution in [-0.2, 0) is 0 Å². The number of hydrogen-bond acceptors (Lipinski definition) is 2. The molecule has 0 saturated heterocycles. The Hall–Kier alpha value is -9.44. The number of hydrogen-bond donors (Lipinski definition) is 0. The quantitative estimate of drug-likeness (QED) is 0.151. The Labute approximate surface area is 411 Å². The van der Waals surface area contributed by atoms with E-state index in [1.54, 1.807) is 0 Å². The third-order valence-electron chi connectivity index (χ3n) is 14.4. The zero-order valence-corrected chi connectivity index (χ0v) is 38.7. The first kappa shape index (κ1) is 40.6. The normalized spacial score (nSPS) is 11.7. The van der Waals surface area contributed by atoms with Gasteiger partial charge in [-0.1, -0.05) is 188 Å². The number of rotatable bonds is 8. The van der Waals surface area contributed by atoms with E-state index in [9.17, 15) is 0 Å². The third kappa shape index (κ3) is 6.89. The van der Waals surface area contributed by atoms with Gasteiger partial charge in [0.25, 0.3) is 0 Å². The summed E-state index contributed by atoms with van der Waals surface area (Å²) in [5.41, 5.74) is 17.8. The Morgan fingerprint density at radius 3 is 1.68 bits per heavy atom. The summed E-state index contributed by atoms with van der Waals surface area (Å²) in [6.45, 7) is 0. The second kappa shape index (κ2) is 16.7. The van der Waals surface area contributed by atoms with Gasteiger partial charge in [0.05, 0.1) is 16.7 Å². The SMILES string of the molecule is c1ccc(-c2cc(-c3cccc4ccccc34)ccc2N(c2ccc(-c3cccc(-n4c5ccccc5c5ccccc54)c3)cc2)c2cccc(-c3ccc4oc5c6ccccc6ccc5c4c3)c2)cc1. The fourth-order valence-corrected chi connectivity index (χ4v) is 11.0. The van der Waals surface area contributed by atoms with Crippen LogP contribution in [0.25, 0.3) is 115 Å². The summed E-state index contributed by atoms with van der Waals surface area (Å²) < 4.78 is 8.93. The van der Waals surface area contributed by atoms with Crippen molar-refractivity contribution in [2.45, 2.75) is 0 Å². The Morgan fingerprint density at radius 1 is 0.296 bits per heavy atom. The minimum Gasteiger partial charge on any atom is -0.455 e. The Balaban J connectivity index is 0.922. The second-order valence-electron chi connectivity index (χ2n) is 18.5. The van der Waals surface area contributed by atoms with Crippen molar-refractivity contribution in [1.29, 1.82) is 0 Å². The van der Waals surface area contributed by atoms with Crippen molar-refractivity contribution in [1.82, 2.24) is 4.57 Å². The Bertz CT molecular complexity index is 4290.